The molecule has 1 amide bonds. The second-order valence-electron chi connectivity index (χ2n) is 4.93. The zero-order chi connectivity index (χ0) is 13.5. The molecule has 2 aromatic heterocycles. The minimum absolute atomic E-state index is 0.277. The van der Waals surface area contributed by atoms with Gasteiger partial charge < -0.3 is 11.1 Å². The molecule has 0 aromatic carbocycles. The predicted molar refractivity (Wildman–Crippen MR) is 73.8 cm³/mol. The van der Waals surface area contributed by atoms with Crippen LogP contribution in [-0.4, -0.2) is 22.4 Å². The molecule has 0 atom stereocenters. The number of hydrogen-bond acceptors (Lipinski definition) is 4. The van der Waals surface area contributed by atoms with E-state index in [9.17, 15) is 4.79 Å². The third-order valence-electron chi connectivity index (χ3n) is 3.71. The lowest BCUT2D eigenvalue weighted by atomic mass is 9.99. The van der Waals surface area contributed by atoms with E-state index in [0.717, 1.165) is 41.7 Å². The van der Waals surface area contributed by atoms with Gasteiger partial charge in [-0.05, 0) is 37.3 Å². The molecule has 5 heteroatoms. The van der Waals surface area contributed by atoms with Crippen LogP contribution in [0.2, 0.25) is 0 Å². The number of nitrogens with two attached hydrogens (primary N) is 1. The summed E-state index contributed by atoms with van der Waals surface area (Å²) >= 11 is 0. The SMILES string of the molecule is CCNc1nccc2cc(C3(C(N)=O)CC3)ncc12. The largest absolute Gasteiger partial charge is 0.370 e. The Morgan fingerprint density at radius 3 is 2.89 bits per heavy atom. The van der Waals surface area contributed by atoms with E-state index in [0.29, 0.717) is 0 Å². The second kappa shape index (κ2) is 4.19. The molecule has 3 rings (SSSR count). The first-order valence-corrected chi connectivity index (χ1v) is 6.46. The first-order valence-electron chi connectivity index (χ1n) is 6.46. The van der Waals surface area contributed by atoms with Gasteiger partial charge in [-0.3, -0.25) is 9.78 Å². The number of nitrogens with zero attached hydrogens (tertiary/aromatic N) is 2. The highest BCUT2D eigenvalue weighted by molar-refractivity contribution is 5.94. The smallest absolute Gasteiger partial charge is 0.229 e. The molecule has 1 aliphatic rings. The van der Waals surface area contributed by atoms with E-state index in [2.05, 4.69) is 15.3 Å². The van der Waals surface area contributed by atoms with Crippen molar-refractivity contribution in [3.63, 3.8) is 0 Å². The number of aromatic nitrogens is 2. The number of fused-ring (bicyclic) bond motifs is 1. The molecule has 0 aliphatic heterocycles. The number of primary amides is 1. The molecule has 1 saturated carbocycles. The third kappa shape index (κ3) is 1.82. The van der Waals surface area contributed by atoms with Gasteiger partial charge in [0.05, 0.1) is 11.1 Å². The van der Waals surface area contributed by atoms with Crippen molar-refractivity contribution in [1.82, 2.24) is 9.97 Å². The van der Waals surface area contributed by atoms with Gasteiger partial charge >= 0.3 is 0 Å². The lowest BCUT2D eigenvalue weighted by Crippen LogP contribution is -2.29. The number of carbonyl (C=O) groups is 1. The Kier molecular flexibility index (Phi) is 2.62. The minimum atomic E-state index is -0.532. The van der Waals surface area contributed by atoms with Crippen molar-refractivity contribution in [2.45, 2.75) is 25.2 Å². The molecule has 0 saturated heterocycles. The zero-order valence-corrected chi connectivity index (χ0v) is 10.8. The van der Waals surface area contributed by atoms with Crippen LogP contribution in [0.5, 0.6) is 0 Å². The van der Waals surface area contributed by atoms with Gasteiger partial charge in [-0.1, -0.05) is 0 Å². The van der Waals surface area contributed by atoms with Crippen molar-refractivity contribution in [2.24, 2.45) is 5.73 Å². The average Bonchev–Trinajstić information content (AvgIpc) is 3.20. The van der Waals surface area contributed by atoms with Crippen LogP contribution in [0.3, 0.4) is 0 Å². The highest BCUT2D eigenvalue weighted by Crippen LogP contribution is 2.47. The van der Waals surface area contributed by atoms with Crippen LogP contribution in [0.15, 0.2) is 24.5 Å². The Morgan fingerprint density at radius 2 is 2.26 bits per heavy atom. The lowest BCUT2D eigenvalue weighted by molar-refractivity contribution is -0.120. The van der Waals surface area contributed by atoms with E-state index in [4.69, 9.17) is 5.73 Å². The molecule has 2 aromatic rings. The number of rotatable bonds is 4. The summed E-state index contributed by atoms with van der Waals surface area (Å²) in [5.74, 6) is 0.545. The van der Waals surface area contributed by atoms with E-state index in [-0.39, 0.29) is 5.91 Å². The highest BCUT2D eigenvalue weighted by atomic mass is 16.1. The predicted octanol–water partition coefficient (Wildman–Crippen LogP) is 1.58. The van der Waals surface area contributed by atoms with Gasteiger partial charge in [-0.2, -0.15) is 0 Å². The monoisotopic (exact) mass is 256 g/mol. The van der Waals surface area contributed by atoms with Crippen LogP contribution >= 0.6 is 0 Å². The molecule has 1 fully saturated rings. The molecule has 19 heavy (non-hydrogen) atoms. The van der Waals surface area contributed by atoms with Crippen LogP contribution in [0.4, 0.5) is 5.82 Å². The molecule has 0 bridgehead atoms. The summed E-state index contributed by atoms with van der Waals surface area (Å²) in [6.45, 7) is 2.83. The van der Waals surface area contributed by atoms with Crippen LogP contribution in [-0.2, 0) is 10.2 Å². The van der Waals surface area contributed by atoms with Crippen molar-refractivity contribution in [1.29, 1.82) is 0 Å². The molecular weight excluding hydrogens is 240 g/mol. The lowest BCUT2D eigenvalue weighted by Gasteiger charge is -2.12. The Morgan fingerprint density at radius 1 is 1.47 bits per heavy atom. The van der Waals surface area contributed by atoms with Gasteiger partial charge in [0.15, 0.2) is 0 Å². The Bertz CT molecular complexity index is 649. The van der Waals surface area contributed by atoms with Gasteiger partial charge in [-0.25, -0.2) is 4.98 Å². The van der Waals surface area contributed by atoms with Gasteiger partial charge in [-0.15, -0.1) is 0 Å². The summed E-state index contributed by atoms with van der Waals surface area (Å²) in [6.07, 6.45) is 5.13. The van der Waals surface area contributed by atoms with Crippen LogP contribution in [0.25, 0.3) is 10.8 Å². The quantitative estimate of drug-likeness (QED) is 0.870. The maximum absolute atomic E-state index is 11.5. The summed E-state index contributed by atoms with van der Waals surface area (Å²) < 4.78 is 0. The third-order valence-corrected chi connectivity index (χ3v) is 3.71. The maximum Gasteiger partial charge on any atom is 0.229 e. The molecule has 3 N–H and O–H groups in total. The zero-order valence-electron chi connectivity index (χ0n) is 10.8. The van der Waals surface area contributed by atoms with Crippen molar-refractivity contribution in [2.75, 3.05) is 11.9 Å². The fourth-order valence-electron chi connectivity index (χ4n) is 2.39. The number of nitrogens with one attached hydrogen (secondary N) is 1. The standard InChI is InChI=1S/C14H16N4O/c1-2-16-12-10-8-18-11(7-9(10)3-6-17-12)14(4-5-14)13(15)19/h3,6-8H,2,4-5H2,1H3,(H2,15,19)(H,16,17). The van der Waals surface area contributed by atoms with E-state index in [1.807, 2.05) is 19.1 Å². The number of carbonyl (C=O) groups excluding carboxylic acids is 1. The van der Waals surface area contributed by atoms with Gasteiger partial charge in [0.2, 0.25) is 5.91 Å². The second-order valence-corrected chi connectivity index (χ2v) is 4.93. The number of anilines is 1. The number of amides is 1. The molecule has 98 valence electrons. The van der Waals surface area contributed by atoms with E-state index in [1.54, 1.807) is 12.4 Å². The number of pyridine rings is 2. The first-order chi connectivity index (χ1) is 9.17. The van der Waals surface area contributed by atoms with Crippen molar-refractivity contribution < 1.29 is 4.79 Å². The molecule has 0 spiro atoms. The summed E-state index contributed by atoms with van der Waals surface area (Å²) in [5, 5.41) is 5.20. The number of hydrogen-bond donors (Lipinski definition) is 2. The van der Waals surface area contributed by atoms with Gasteiger partial charge in [0.1, 0.15) is 5.82 Å². The Balaban J connectivity index is 2.10. The summed E-state index contributed by atoms with van der Waals surface area (Å²) in [5.41, 5.74) is 5.73. The van der Waals surface area contributed by atoms with E-state index in [1.165, 1.54) is 0 Å². The fourth-order valence-corrected chi connectivity index (χ4v) is 2.39. The molecule has 2 heterocycles. The average molecular weight is 256 g/mol. The molecule has 0 radical (unpaired) electrons. The molecule has 0 unspecified atom stereocenters. The van der Waals surface area contributed by atoms with E-state index < -0.39 is 5.41 Å². The van der Waals surface area contributed by atoms with E-state index >= 15 is 0 Å². The van der Waals surface area contributed by atoms with Crippen LogP contribution < -0.4 is 11.1 Å². The summed E-state index contributed by atoms with van der Waals surface area (Å²) in [4.78, 5) is 20.3. The first kappa shape index (κ1) is 11.9. The maximum atomic E-state index is 11.5. The minimum Gasteiger partial charge on any atom is -0.370 e. The van der Waals surface area contributed by atoms with Gasteiger partial charge in [0.25, 0.3) is 0 Å². The van der Waals surface area contributed by atoms with Crippen LogP contribution in [0, 0.1) is 0 Å². The van der Waals surface area contributed by atoms with Crippen molar-refractivity contribution in [3.8, 4) is 0 Å². The molecule has 5 nitrogen and oxygen atoms in total. The molecular formula is C14H16N4O. The summed E-state index contributed by atoms with van der Waals surface area (Å²) in [7, 11) is 0. The molecule has 1 aliphatic carbocycles. The van der Waals surface area contributed by atoms with Crippen molar-refractivity contribution in [3.05, 3.63) is 30.2 Å². The topological polar surface area (TPSA) is 80.9 Å². The normalized spacial score (nSPS) is 16.3. The Hall–Kier alpha value is -2.17. The highest BCUT2D eigenvalue weighted by Gasteiger charge is 2.51. The summed E-state index contributed by atoms with van der Waals surface area (Å²) in [6, 6.07) is 3.88. The van der Waals surface area contributed by atoms with Gasteiger partial charge in [0, 0.05) is 24.3 Å². The van der Waals surface area contributed by atoms with Crippen LogP contribution in [0.1, 0.15) is 25.5 Å². The van der Waals surface area contributed by atoms with Crippen molar-refractivity contribution >= 4 is 22.5 Å². The Labute approximate surface area is 111 Å². The fraction of sp³-hybridized carbons (Fsp3) is 0.357.